The highest BCUT2D eigenvalue weighted by molar-refractivity contribution is 7.18. The van der Waals surface area contributed by atoms with E-state index in [0.29, 0.717) is 22.4 Å². The third-order valence-electron chi connectivity index (χ3n) is 5.38. The van der Waals surface area contributed by atoms with Crippen LogP contribution in [0.15, 0.2) is 35.1 Å². The molecule has 4 rings (SSSR count). The summed E-state index contributed by atoms with van der Waals surface area (Å²) in [6.07, 6.45) is 6.43. The van der Waals surface area contributed by atoms with Gasteiger partial charge < -0.3 is 10.2 Å². The summed E-state index contributed by atoms with van der Waals surface area (Å²) in [7, 11) is 2.13. The molecule has 1 aliphatic carbocycles. The number of carbonyl (C=O) groups is 1. The van der Waals surface area contributed by atoms with Gasteiger partial charge >= 0.3 is 0 Å². The normalized spacial score (nSPS) is 15.6. The molecular weight excluding hydrogens is 360 g/mol. The van der Waals surface area contributed by atoms with E-state index >= 15 is 0 Å². The van der Waals surface area contributed by atoms with E-state index < -0.39 is 0 Å². The number of nitrogens with zero attached hydrogens (tertiary/aromatic N) is 3. The lowest BCUT2D eigenvalue weighted by Gasteiger charge is -2.31. The van der Waals surface area contributed by atoms with Crippen LogP contribution in [-0.4, -0.2) is 46.4 Å². The number of likely N-dealkylation sites (N-methyl/N-ethyl adjacent to an activating group) is 1. The van der Waals surface area contributed by atoms with Gasteiger partial charge in [0.1, 0.15) is 4.88 Å². The summed E-state index contributed by atoms with van der Waals surface area (Å²) in [5, 5.41) is 2.95. The summed E-state index contributed by atoms with van der Waals surface area (Å²) in [5.41, 5.74) is 1.31. The fourth-order valence-electron chi connectivity index (χ4n) is 3.84. The molecule has 2 heterocycles. The Kier molecular flexibility index (Phi) is 5.22. The molecule has 1 aliphatic rings. The van der Waals surface area contributed by atoms with Crippen LogP contribution in [0.4, 0.5) is 0 Å². The fourth-order valence-corrected chi connectivity index (χ4v) is 4.78. The molecule has 0 spiro atoms. The smallest absolute Gasteiger partial charge is 0.261 e. The summed E-state index contributed by atoms with van der Waals surface area (Å²) >= 11 is 1.25. The number of nitrogens with one attached hydrogen (secondary N) is 1. The fraction of sp³-hybridized carbons (Fsp3) is 0.450. The standard InChI is InChI=1S/C20H24N4O2S/c1-23(14-7-3-2-4-8-14)12-11-21-19(26)17-13-18(25)24-16-10-6-5-9-15(16)22-20(24)27-17/h5-6,9-10,13-14H,2-4,7-8,11-12H2,1H3,(H,21,26). The summed E-state index contributed by atoms with van der Waals surface area (Å²) in [6.45, 7) is 1.40. The molecule has 1 N–H and O–H groups in total. The van der Waals surface area contributed by atoms with E-state index in [2.05, 4.69) is 22.2 Å². The number of para-hydroxylation sites is 2. The lowest BCUT2D eigenvalue weighted by atomic mass is 9.94. The molecule has 0 radical (unpaired) electrons. The van der Waals surface area contributed by atoms with Gasteiger partial charge in [0.15, 0.2) is 4.96 Å². The summed E-state index contributed by atoms with van der Waals surface area (Å²) in [5.74, 6) is -0.205. The number of benzene rings is 1. The van der Waals surface area contributed by atoms with Crippen molar-refractivity contribution in [1.29, 1.82) is 0 Å². The number of rotatable bonds is 5. The van der Waals surface area contributed by atoms with Gasteiger partial charge in [-0.25, -0.2) is 4.98 Å². The van der Waals surface area contributed by atoms with Crippen LogP contribution in [-0.2, 0) is 0 Å². The molecule has 0 saturated heterocycles. The van der Waals surface area contributed by atoms with Crippen LogP contribution < -0.4 is 10.9 Å². The van der Waals surface area contributed by atoms with Crippen molar-refractivity contribution >= 4 is 33.2 Å². The van der Waals surface area contributed by atoms with Crippen LogP contribution in [0, 0.1) is 0 Å². The van der Waals surface area contributed by atoms with Gasteiger partial charge in [0.2, 0.25) is 0 Å². The Morgan fingerprint density at radius 2 is 2.07 bits per heavy atom. The Labute approximate surface area is 161 Å². The number of carbonyl (C=O) groups excluding carboxylic acids is 1. The Morgan fingerprint density at radius 1 is 1.30 bits per heavy atom. The molecule has 6 nitrogen and oxygen atoms in total. The third kappa shape index (κ3) is 3.75. The highest BCUT2D eigenvalue weighted by Crippen LogP contribution is 2.21. The Balaban J connectivity index is 1.45. The Hall–Kier alpha value is -2.25. The molecule has 27 heavy (non-hydrogen) atoms. The van der Waals surface area contributed by atoms with Gasteiger partial charge in [-0.1, -0.05) is 42.7 Å². The average Bonchev–Trinajstić information content (AvgIpc) is 3.07. The van der Waals surface area contributed by atoms with Crippen molar-refractivity contribution < 1.29 is 4.79 Å². The molecule has 0 atom stereocenters. The molecule has 0 bridgehead atoms. The van der Waals surface area contributed by atoms with Gasteiger partial charge in [-0.3, -0.25) is 14.0 Å². The van der Waals surface area contributed by atoms with Crippen LogP contribution in [0.2, 0.25) is 0 Å². The van der Waals surface area contributed by atoms with E-state index in [1.54, 1.807) is 4.40 Å². The van der Waals surface area contributed by atoms with Crippen molar-refractivity contribution in [1.82, 2.24) is 19.6 Å². The average molecular weight is 385 g/mol. The minimum atomic E-state index is -0.220. The lowest BCUT2D eigenvalue weighted by molar-refractivity contribution is 0.0948. The zero-order valence-corrected chi connectivity index (χ0v) is 16.3. The van der Waals surface area contributed by atoms with Gasteiger partial charge in [-0.15, -0.1) is 0 Å². The van der Waals surface area contributed by atoms with E-state index in [0.717, 1.165) is 17.6 Å². The first-order valence-electron chi connectivity index (χ1n) is 9.53. The molecule has 142 valence electrons. The maximum absolute atomic E-state index is 12.5. The van der Waals surface area contributed by atoms with Gasteiger partial charge in [0, 0.05) is 25.2 Å². The molecule has 1 amide bonds. The van der Waals surface area contributed by atoms with Crippen molar-refractivity contribution in [3.8, 4) is 0 Å². The maximum Gasteiger partial charge on any atom is 0.261 e. The number of amides is 1. The van der Waals surface area contributed by atoms with E-state index in [4.69, 9.17) is 0 Å². The number of aromatic nitrogens is 2. The number of hydrogen-bond acceptors (Lipinski definition) is 5. The molecule has 1 saturated carbocycles. The quantitative estimate of drug-likeness (QED) is 0.735. The van der Waals surface area contributed by atoms with Crippen molar-refractivity contribution in [3.05, 3.63) is 45.6 Å². The van der Waals surface area contributed by atoms with E-state index in [-0.39, 0.29) is 11.5 Å². The first kappa shape index (κ1) is 18.1. The molecule has 1 fully saturated rings. The largest absolute Gasteiger partial charge is 0.350 e. The van der Waals surface area contributed by atoms with Crippen molar-refractivity contribution in [2.75, 3.05) is 20.1 Å². The van der Waals surface area contributed by atoms with Crippen LogP contribution in [0.25, 0.3) is 16.0 Å². The second-order valence-corrected chi connectivity index (χ2v) is 8.20. The van der Waals surface area contributed by atoms with Crippen molar-refractivity contribution in [3.63, 3.8) is 0 Å². The molecule has 1 aromatic carbocycles. The van der Waals surface area contributed by atoms with Gasteiger partial charge in [0.05, 0.1) is 11.0 Å². The van der Waals surface area contributed by atoms with E-state index in [1.807, 2.05) is 24.3 Å². The summed E-state index contributed by atoms with van der Waals surface area (Å²) < 4.78 is 1.56. The first-order valence-corrected chi connectivity index (χ1v) is 10.3. The van der Waals surface area contributed by atoms with Gasteiger partial charge in [-0.05, 0) is 32.0 Å². The second kappa shape index (κ2) is 7.78. The highest BCUT2D eigenvalue weighted by Gasteiger charge is 2.18. The highest BCUT2D eigenvalue weighted by atomic mass is 32.1. The minimum absolute atomic E-state index is 0.205. The predicted molar refractivity (Wildman–Crippen MR) is 109 cm³/mol. The third-order valence-corrected chi connectivity index (χ3v) is 6.36. The molecule has 3 aromatic rings. The molecule has 7 heteroatoms. The monoisotopic (exact) mass is 384 g/mol. The summed E-state index contributed by atoms with van der Waals surface area (Å²) in [6, 6.07) is 9.54. The maximum atomic E-state index is 12.5. The minimum Gasteiger partial charge on any atom is -0.350 e. The molecule has 0 aliphatic heterocycles. The Bertz CT molecular complexity index is 1020. The van der Waals surface area contributed by atoms with Gasteiger partial charge in [-0.2, -0.15) is 0 Å². The van der Waals surface area contributed by atoms with E-state index in [1.165, 1.54) is 49.5 Å². The SMILES string of the molecule is CN(CCNC(=O)c1cc(=O)n2c(nc3ccccc32)s1)C1CCCCC1. The van der Waals surface area contributed by atoms with Crippen LogP contribution >= 0.6 is 11.3 Å². The zero-order valence-electron chi connectivity index (χ0n) is 15.5. The van der Waals surface area contributed by atoms with Gasteiger partial charge in [0.25, 0.3) is 11.5 Å². The Morgan fingerprint density at radius 3 is 2.89 bits per heavy atom. The molecular formula is C20H24N4O2S. The first-order chi connectivity index (χ1) is 13.1. The number of hydrogen-bond donors (Lipinski definition) is 1. The summed E-state index contributed by atoms with van der Waals surface area (Å²) in [4.78, 5) is 32.8. The zero-order chi connectivity index (χ0) is 18.8. The van der Waals surface area contributed by atoms with E-state index in [9.17, 15) is 9.59 Å². The topological polar surface area (TPSA) is 66.7 Å². The van der Waals surface area contributed by atoms with Crippen LogP contribution in [0.5, 0.6) is 0 Å². The van der Waals surface area contributed by atoms with Crippen molar-refractivity contribution in [2.45, 2.75) is 38.1 Å². The lowest BCUT2D eigenvalue weighted by Crippen LogP contribution is -2.39. The molecule has 0 unspecified atom stereocenters. The van der Waals surface area contributed by atoms with Crippen LogP contribution in [0.1, 0.15) is 41.8 Å². The molecule has 2 aromatic heterocycles. The number of fused-ring (bicyclic) bond motifs is 3. The van der Waals surface area contributed by atoms with Crippen molar-refractivity contribution in [2.24, 2.45) is 0 Å². The second-order valence-electron chi connectivity index (χ2n) is 7.20. The predicted octanol–water partition coefficient (Wildman–Crippen LogP) is 2.90. The number of imidazole rings is 1. The van der Waals surface area contributed by atoms with Crippen LogP contribution in [0.3, 0.4) is 0 Å².